The number of methoxy groups -OCH3 is 1. The van der Waals surface area contributed by atoms with E-state index in [9.17, 15) is 13.7 Å². The number of sulfonamides is 1. The summed E-state index contributed by atoms with van der Waals surface area (Å²) in [5.74, 6) is -0.227. The Kier molecular flexibility index (Phi) is 8.93. The molecule has 242 valence electrons. The molecule has 3 aliphatic rings. The van der Waals surface area contributed by atoms with Gasteiger partial charge in [0.15, 0.2) is 10.6 Å². The minimum atomic E-state index is -4.52. The molecular formula is C32H36ClN7O5S. The van der Waals surface area contributed by atoms with Crippen LogP contribution < -0.4 is 13.8 Å². The van der Waals surface area contributed by atoms with E-state index in [0.717, 1.165) is 43.3 Å². The van der Waals surface area contributed by atoms with Gasteiger partial charge >= 0.3 is 0 Å². The molecule has 0 spiro atoms. The quantitative estimate of drug-likeness (QED) is 0.329. The fraction of sp³-hybridized carbons (Fsp3) is 0.438. The minimum absolute atomic E-state index is 0.125. The van der Waals surface area contributed by atoms with Crippen molar-refractivity contribution in [2.45, 2.75) is 36.4 Å². The summed E-state index contributed by atoms with van der Waals surface area (Å²) in [4.78, 5) is 30.6. The molecule has 5 heterocycles. The molecule has 12 nitrogen and oxygen atoms in total. The number of rotatable bonds is 8. The van der Waals surface area contributed by atoms with Gasteiger partial charge < -0.3 is 14.4 Å². The van der Waals surface area contributed by atoms with Crippen molar-refractivity contribution in [3.05, 3.63) is 70.5 Å². The van der Waals surface area contributed by atoms with Gasteiger partial charge in [-0.05, 0) is 69.3 Å². The third kappa shape index (κ3) is 5.38. The monoisotopic (exact) mass is 665 g/mol. The van der Waals surface area contributed by atoms with E-state index in [1.54, 1.807) is 25.1 Å². The van der Waals surface area contributed by atoms with Gasteiger partial charge in [0, 0.05) is 56.4 Å². The summed E-state index contributed by atoms with van der Waals surface area (Å²) in [6.45, 7) is 6.93. The van der Waals surface area contributed by atoms with Gasteiger partial charge in [0.25, 0.3) is 15.9 Å². The van der Waals surface area contributed by atoms with Gasteiger partial charge in [-0.1, -0.05) is 11.6 Å². The number of fused-ring (bicyclic) bond motifs is 1. The molecule has 1 atom stereocenters. The van der Waals surface area contributed by atoms with Crippen LogP contribution in [-0.4, -0.2) is 105 Å². The maximum absolute atomic E-state index is 15.2. The van der Waals surface area contributed by atoms with E-state index in [1.807, 2.05) is 4.90 Å². The third-order valence-corrected chi connectivity index (χ3v) is 11.0. The number of hydrogen-bond acceptors (Lipinski definition) is 11. The first-order chi connectivity index (χ1) is 22.1. The maximum Gasteiger partial charge on any atom is 0.288 e. The average Bonchev–Trinajstić information content (AvgIpc) is 3.33. The van der Waals surface area contributed by atoms with Crippen molar-refractivity contribution in [2.75, 3.05) is 64.3 Å². The molecule has 3 aliphatic heterocycles. The number of aromatic nitrogens is 2. The number of piperidine rings is 1. The van der Waals surface area contributed by atoms with Gasteiger partial charge in [-0.2, -0.15) is 18.0 Å². The van der Waals surface area contributed by atoms with E-state index < -0.39 is 21.5 Å². The lowest BCUT2D eigenvalue weighted by Gasteiger charge is -2.47. The van der Waals surface area contributed by atoms with Crippen molar-refractivity contribution in [3.8, 4) is 17.7 Å². The lowest BCUT2D eigenvalue weighted by Crippen LogP contribution is -2.59. The number of hydrogen-bond donors (Lipinski definition) is 0. The Bertz CT molecular complexity index is 1770. The van der Waals surface area contributed by atoms with Crippen LogP contribution in [0.1, 0.15) is 36.5 Å². The first kappa shape index (κ1) is 32.2. The Balaban J connectivity index is 1.53. The van der Waals surface area contributed by atoms with Gasteiger partial charge in [-0.15, -0.1) is 0 Å². The lowest BCUT2D eigenvalue weighted by atomic mass is 9.80. The number of halogens is 1. The molecule has 6 rings (SSSR count). The normalized spacial score (nSPS) is 21.6. The molecular weight excluding hydrogens is 630 g/mol. The van der Waals surface area contributed by atoms with E-state index in [4.69, 9.17) is 21.1 Å². The highest BCUT2D eigenvalue weighted by atomic mass is 35.5. The number of ether oxygens (including phenoxy) is 2. The van der Waals surface area contributed by atoms with Crippen LogP contribution in [0.2, 0.25) is 5.15 Å². The predicted molar refractivity (Wildman–Crippen MR) is 171 cm³/mol. The third-order valence-electron chi connectivity index (χ3n) is 9.17. The second-order valence-corrected chi connectivity index (χ2v) is 13.8. The predicted octanol–water partition coefficient (Wildman–Crippen LogP) is 3.10. The molecule has 0 radical (unpaired) electrons. The van der Waals surface area contributed by atoms with Crippen LogP contribution in [0, 0.1) is 11.3 Å². The number of nitriles is 1. The van der Waals surface area contributed by atoms with Crippen molar-refractivity contribution in [1.82, 2.24) is 24.7 Å². The number of amides is 1. The van der Waals surface area contributed by atoms with Crippen LogP contribution >= 0.6 is 11.6 Å². The highest BCUT2D eigenvalue weighted by Crippen LogP contribution is 2.53. The smallest absolute Gasteiger partial charge is 0.288 e. The summed E-state index contributed by atoms with van der Waals surface area (Å²) in [7, 11) is -0.944. The zero-order chi connectivity index (χ0) is 32.6. The van der Waals surface area contributed by atoms with E-state index >= 15 is 4.79 Å². The van der Waals surface area contributed by atoms with Crippen LogP contribution in [-0.2, 0) is 20.4 Å². The summed E-state index contributed by atoms with van der Waals surface area (Å²) >= 11 is 6.33. The van der Waals surface area contributed by atoms with E-state index in [0.29, 0.717) is 36.0 Å². The van der Waals surface area contributed by atoms with Crippen LogP contribution in [0.4, 0.5) is 5.69 Å². The van der Waals surface area contributed by atoms with E-state index in [1.165, 1.54) is 37.6 Å². The number of anilines is 1. The molecule has 1 amide bonds. The van der Waals surface area contributed by atoms with Gasteiger partial charge in [0.1, 0.15) is 10.9 Å². The number of likely N-dealkylation sites (N-methyl/N-ethyl adjacent to an activating group) is 1. The molecule has 1 unspecified atom stereocenters. The highest BCUT2D eigenvalue weighted by molar-refractivity contribution is 7.93. The van der Waals surface area contributed by atoms with Crippen LogP contribution in [0.25, 0.3) is 0 Å². The van der Waals surface area contributed by atoms with Crippen molar-refractivity contribution in [1.29, 1.82) is 5.26 Å². The number of nitrogens with zero attached hydrogens (tertiary/aromatic N) is 7. The first-order valence-corrected chi connectivity index (χ1v) is 17.1. The van der Waals surface area contributed by atoms with Gasteiger partial charge in [-0.3, -0.25) is 14.6 Å². The van der Waals surface area contributed by atoms with E-state index in [-0.39, 0.29) is 33.9 Å². The topological polar surface area (TPSA) is 132 Å². The Labute approximate surface area is 274 Å². The van der Waals surface area contributed by atoms with Crippen molar-refractivity contribution >= 4 is 33.2 Å². The zero-order valence-electron chi connectivity index (χ0n) is 26.0. The molecule has 2 saturated heterocycles. The minimum Gasteiger partial charge on any atom is -0.495 e. The fourth-order valence-corrected chi connectivity index (χ4v) is 8.37. The molecule has 2 fully saturated rings. The molecule has 46 heavy (non-hydrogen) atoms. The summed E-state index contributed by atoms with van der Waals surface area (Å²) in [5.41, 5.74) is -0.544. The molecule has 2 aromatic heterocycles. The fourth-order valence-electron chi connectivity index (χ4n) is 6.85. The number of piperazine rings is 1. The average molecular weight is 666 g/mol. The lowest BCUT2D eigenvalue weighted by molar-refractivity contribution is -0.128. The van der Waals surface area contributed by atoms with Crippen LogP contribution in [0.3, 0.4) is 0 Å². The Morgan fingerprint density at radius 1 is 1.04 bits per heavy atom. The first-order valence-electron chi connectivity index (χ1n) is 15.3. The van der Waals surface area contributed by atoms with Crippen LogP contribution in [0.5, 0.6) is 11.6 Å². The Morgan fingerprint density at radius 3 is 2.41 bits per heavy atom. The van der Waals surface area contributed by atoms with Crippen LogP contribution in [0.15, 0.2) is 53.7 Å². The number of likely N-dealkylation sites (tertiary alicyclic amines) is 1. The summed E-state index contributed by atoms with van der Waals surface area (Å²) in [6, 6.07) is 13.1. The molecule has 0 aliphatic carbocycles. The van der Waals surface area contributed by atoms with Crippen molar-refractivity contribution < 1.29 is 22.7 Å². The number of carbonyl (C=O) groups is 1. The number of benzene rings is 1. The second kappa shape index (κ2) is 12.8. The Morgan fingerprint density at radius 2 is 1.78 bits per heavy atom. The SMILES string of the molecule is CCOc1nc(Cl)ccc1C1(N2CCC(N3CCN(C)CC3)CC2)C(=O)N(S(=O)(=O)c2ccc(OC)cn2)c2ccc(C#N)cc21. The summed E-state index contributed by atoms with van der Waals surface area (Å²) < 4.78 is 40.7. The van der Waals surface area contributed by atoms with E-state index in [2.05, 4.69) is 32.9 Å². The molecule has 0 N–H and O–H groups in total. The van der Waals surface area contributed by atoms with Gasteiger partial charge in [0.2, 0.25) is 5.88 Å². The molecule has 0 saturated carbocycles. The summed E-state index contributed by atoms with van der Waals surface area (Å²) in [6.07, 6.45) is 2.83. The van der Waals surface area contributed by atoms with Crippen molar-refractivity contribution in [2.24, 2.45) is 0 Å². The Hall–Kier alpha value is -3.80. The molecule has 1 aromatic carbocycles. The zero-order valence-corrected chi connectivity index (χ0v) is 27.6. The van der Waals surface area contributed by atoms with Gasteiger partial charge in [-0.25, -0.2) is 9.97 Å². The molecule has 0 bridgehead atoms. The largest absolute Gasteiger partial charge is 0.495 e. The summed E-state index contributed by atoms with van der Waals surface area (Å²) in [5, 5.41) is 9.79. The number of carbonyl (C=O) groups excluding carboxylic acids is 1. The molecule has 3 aromatic rings. The van der Waals surface area contributed by atoms with Crippen molar-refractivity contribution in [3.63, 3.8) is 0 Å². The van der Waals surface area contributed by atoms with Gasteiger partial charge in [0.05, 0.1) is 37.2 Å². The maximum atomic E-state index is 15.2. The molecule has 14 heteroatoms. The number of pyridine rings is 2. The second-order valence-electron chi connectivity index (χ2n) is 11.6. The highest BCUT2D eigenvalue weighted by Gasteiger charge is 2.61. The standard InChI is InChI=1S/C32H36ClN7O5S/c1-4-45-30-25(7-9-28(33)36-30)32(39-13-11-23(12-14-39)38-17-15-37(2)16-18-38)26-19-22(20-34)5-8-27(26)40(31(32)41)46(42,43)29-10-6-24(44-3)21-35-29/h5-10,19,21,23H,4,11-18H2,1-3H3.